The number of ether oxygens (including phenoxy) is 3. The number of carbonyl (C=O) groups excluding carboxylic acids is 2. The highest BCUT2D eigenvalue weighted by Crippen LogP contribution is 2.48. The van der Waals surface area contributed by atoms with Gasteiger partial charge in [0.2, 0.25) is 5.91 Å². The van der Waals surface area contributed by atoms with E-state index in [0.717, 1.165) is 62.7 Å². The molecule has 6 atom stereocenters. The van der Waals surface area contributed by atoms with Crippen molar-refractivity contribution in [1.82, 2.24) is 18.8 Å². The van der Waals surface area contributed by atoms with Crippen LogP contribution >= 0.6 is 11.6 Å². The van der Waals surface area contributed by atoms with Crippen molar-refractivity contribution in [2.75, 3.05) is 85.2 Å². The number of halogens is 1. The third kappa shape index (κ3) is 8.88. The number of benzene rings is 2. The lowest BCUT2D eigenvalue weighted by Crippen LogP contribution is -2.52. The molecule has 13 nitrogen and oxygen atoms in total. The predicted molar refractivity (Wildman–Crippen MR) is 219 cm³/mol. The van der Waals surface area contributed by atoms with Crippen molar-refractivity contribution in [2.24, 2.45) is 11.8 Å². The summed E-state index contributed by atoms with van der Waals surface area (Å²) in [6, 6.07) is 11.5. The summed E-state index contributed by atoms with van der Waals surface area (Å²) >= 11 is 6.50. The monoisotopic (exact) mass is 827 g/mol. The van der Waals surface area contributed by atoms with E-state index in [-0.39, 0.29) is 28.9 Å². The Bertz CT molecular complexity index is 1950. The Kier molecular flexibility index (Phi) is 12.6. The molecular formula is C42H58ClN5O8S. The second-order valence-electron chi connectivity index (χ2n) is 16.9. The molecule has 3 heterocycles. The van der Waals surface area contributed by atoms with E-state index in [1.165, 1.54) is 30.1 Å². The summed E-state index contributed by atoms with van der Waals surface area (Å²) in [6.07, 6.45) is 8.79. The van der Waals surface area contributed by atoms with Crippen LogP contribution in [0.1, 0.15) is 62.1 Å². The van der Waals surface area contributed by atoms with Crippen LogP contribution in [0.3, 0.4) is 0 Å². The van der Waals surface area contributed by atoms with Crippen molar-refractivity contribution >= 4 is 39.3 Å². The smallest absolute Gasteiger partial charge is 0.303 e. The van der Waals surface area contributed by atoms with Gasteiger partial charge in [-0.05, 0) is 98.2 Å². The minimum absolute atomic E-state index is 0.102. The van der Waals surface area contributed by atoms with Crippen LogP contribution in [0.2, 0.25) is 5.02 Å². The number of fused-ring (bicyclic) bond motifs is 4. The van der Waals surface area contributed by atoms with Crippen LogP contribution in [0, 0.1) is 11.8 Å². The van der Waals surface area contributed by atoms with Crippen molar-refractivity contribution in [2.45, 2.75) is 75.0 Å². The number of nitrogens with zero attached hydrogens (tertiary/aromatic N) is 4. The van der Waals surface area contributed by atoms with Gasteiger partial charge in [0.25, 0.3) is 5.91 Å². The zero-order chi connectivity index (χ0) is 40.5. The summed E-state index contributed by atoms with van der Waals surface area (Å²) < 4.78 is 47.8. The summed E-state index contributed by atoms with van der Waals surface area (Å²) in [6.45, 7) is 7.96. The van der Waals surface area contributed by atoms with Gasteiger partial charge >= 0.3 is 10.2 Å². The molecule has 7 rings (SSSR count). The lowest BCUT2D eigenvalue weighted by atomic mass is 9.68. The van der Waals surface area contributed by atoms with Gasteiger partial charge in [0.05, 0.1) is 44.6 Å². The second kappa shape index (κ2) is 17.2. The van der Waals surface area contributed by atoms with Gasteiger partial charge in [0.1, 0.15) is 5.75 Å². The second-order valence-corrected chi connectivity index (χ2v) is 19.2. The fourth-order valence-corrected chi connectivity index (χ4v) is 9.99. The molecule has 0 unspecified atom stereocenters. The molecule has 57 heavy (non-hydrogen) atoms. The number of hydrogen-bond acceptors (Lipinski definition) is 10. The first kappa shape index (κ1) is 41.9. The van der Waals surface area contributed by atoms with Crippen LogP contribution in [0.25, 0.3) is 0 Å². The number of morpholine rings is 1. The molecular weight excluding hydrogens is 770 g/mol. The molecule has 312 valence electrons. The van der Waals surface area contributed by atoms with Crippen molar-refractivity contribution in [1.29, 1.82) is 0 Å². The molecule has 15 heteroatoms. The highest BCUT2D eigenvalue weighted by Gasteiger charge is 2.47. The molecule has 2 N–H and O–H groups in total. The zero-order valence-electron chi connectivity index (χ0n) is 33.6. The van der Waals surface area contributed by atoms with Crippen LogP contribution in [-0.2, 0) is 46.7 Å². The van der Waals surface area contributed by atoms with E-state index in [2.05, 4.69) is 41.0 Å². The van der Waals surface area contributed by atoms with Gasteiger partial charge in [-0.2, -0.15) is 12.7 Å². The first-order valence-electron chi connectivity index (χ1n) is 20.3. The van der Waals surface area contributed by atoms with Crippen molar-refractivity contribution < 1.29 is 37.3 Å². The van der Waals surface area contributed by atoms with Gasteiger partial charge < -0.3 is 29.1 Å². The Morgan fingerprint density at radius 3 is 2.74 bits per heavy atom. The lowest BCUT2D eigenvalue weighted by molar-refractivity contribution is -0.148. The van der Waals surface area contributed by atoms with Gasteiger partial charge in [-0.3, -0.25) is 14.5 Å². The predicted octanol–water partition coefficient (Wildman–Crippen LogP) is 3.86. The highest BCUT2D eigenvalue weighted by molar-refractivity contribution is 7.87. The standard InChI is InChI=1S/C42H58ClN5O8S/c1-29-26-54-20-18-47(29)19-21-55-37-9-5-6-17-46(4)39(49)24-42(51,40(50)44-57(52,53)45(2)3)32-11-15-38-36(23-32)48(25-31-10-13-34(31)37)27-41(28-56-38)16-7-8-30-22-33(43)12-14-35(30)41/h5,9,11-12,14-15,22-23,29,31,34,37,51H,6-8,10,13,16-21,24-28H2,1-4H3,(H,44,50)/b9-5+/t29-,31-,34+,37-,41-,42+/m0/s1. The quantitative estimate of drug-likeness (QED) is 0.396. The molecule has 2 aromatic rings. The third-order valence-corrected chi connectivity index (χ3v) is 14.6. The topological polar surface area (TPSA) is 141 Å². The maximum absolute atomic E-state index is 14.0. The number of anilines is 1. The minimum atomic E-state index is -4.30. The Morgan fingerprint density at radius 1 is 1.16 bits per heavy atom. The van der Waals surface area contributed by atoms with Gasteiger partial charge in [-0.15, -0.1) is 0 Å². The number of rotatable bonds is 7. The van der Waals surface area contributed by atoms with Crippen LogP contribution < -0.4 is 14.4 Å². The van der Waals surface area contributed by atoms with E-state index in [9.17, 15) is 23.1 Å². The molecule has 5 aliphatic rings. The molecule has 1 spiro atoms. The van der Waals surface area contributed by atoms with Crippen molar-refractivity contribution in [3.63, 3.8) is 0 Å². The number of carbonyl (C=O) groups is 2. The Balaban J connectivity index is 1.28. The normalized spacial score (nSPS) is 30.5. The minimum Gasteiger partial charge on any atom is -0.490 e. The summed E-state index contributed by atoms with van der Waals surface area (Å²) in [5, 5.41) is 13.1. The summed E-state index contributed by atoms with van der Waals surface area (Å²) in [5.74, 6) is -0.611. The molecule has 2 aromatic carbocycles. The molecule has 0 radical (unpaired) electrons. The maximum Gasteiger partial charge on any atom is 0.303 e. The molecule has 3 aliphatic heterocycles. The van der Waals surface area contributed by atoms with Crippen LogP contribution in [0.4, 0.5) is 5.69 Å². The highest BCUT2D eigenvalue weighted by atomic mass is 35.5. The van der Waals surface area contributed by atoms with Crippen molar-refractivity contribution in [3.8, 4) is 5.75 Å². The van der Waals surface area contributed by atoms with Gasteiger partial charge in [-0.25, -0.2) is 4.72 Å². The van der Waals surface area contributed by atoms with Crippen LogP contribution in [0.15, 0.2) is 48.6 Å². The zero-order valence-corrected chi connectivity index (χ0v) is 35.2. The van der Waals surface area contributed by atoms with E-state index in [0.29, 0.717) is 61.8 Å². The third-order valence-electron chi connectivity index (χ3n) is 12.9. The number of amides is 2. The summed E-state index contributed by atoms with van der Waals surface area (Å²) in [4.78, 5) is 34.0. The number of hydrogen-bond donors (Lipinski definition) is 2. The molecule has 0 aromatic heterocycles. The van der Waals surface area contributed by atoms with Crippen LogP contribution in [-0.4, -0.2) is 132 Å². The number of aliphatic hydroxyl groups is 1. The molecule has 2 aliphatic carbocycles. The Morgan fingerprint density at radius 2 is 1.98 bits per heavy atom. The van der Waals surface area contributed by atoms with E-state index in [1.54, 1.807) is 25.2 Å². The van der Waals surface area contributed by atoms with Gasteiger partial charge in [0.15, 0.2) is 5.60 Å². The summed E-state index contributed by atoms with van der Waals surface area (Å²) in [7, 11) is -0.116. The van der Waals surface area contributed by atoms with Gasteiger partial charge in [0, 0.05) is 70.3 Å². The Labute approximate surface area is 342 Å². The van der Waals surface area contributed by atoms with E-state index < -0.39 is 34.0 Å². The Hall–Kier alpha value is -3.24. The number of nitrogens with one attached hydrogen (secondary N) is 1. The average Bonchev–Trinajstić information content (AvgIpc) is 3.31. The first-order valence-corrected chi connectivity index (χ1v) is 22.1. The van der Waals surface area contributed by atoms with E-state index >= 15 is 0 Å². The first-order chi connectivity index (χ1) is 27.2. The molecule has 1 saturated carbocycles. The fourth-order valence-electron chi connectivity index (χ4n) is 9.21. The molecule has 2 amide bonds. The van der Waals surface area contributed by atoms with E-state index in [1.807, 2.05) is 10.8 Å². The number of aryl methyl sites for hydroxylation is 1. The lowest BCUT2D eigenvalue weighted by Gasteiger charge is -2.46. The van der Waals surface area contributed by atoms with Crippen LogP contribution in [0.5, 0.6) is 5.75 Å². The maximum atomic E-state index is 14.0. The fraction of sp³-hybridized carbons (Fsp3) is 0.619. The molecule has 2 fully saturated rings. The van der Waals surface area contributed by atoms with Crippen molar-refractivity contribution in [3.05, 3.63) is 70.3 Å². The van der Waals surface area contributed by atoms with Gasteiger partial charge in [-0.1, -0.05) is 35.9 Å². The SMILES string of the molecule is C[C@H]1COCCN1CCO[C@H]1/C=C/CCN(C)C(=O)C[C@](O)(C(=O)NS(=O)(=O)N(C)C)c2ccc3c(c2)N(C[C@@H]2CC[C@H]21)C[C@@]1(CCCc2cc(Cl)ccc21)CO3. The molecule has 2 bridgehead atoms. The average molecular weight is 828 g/mol. The molecule has 1 saturated heterocycles. The van der Waals surface area contributed by atoms with E-state index in [4.69, 9.17) is 25.8 Å². The summed E-state index contributed by atoms with van der Waals surface area (Å²) in [5.41, 5.74) is 0.322. The largest absolute Gasteiger partial charge is 0.490 e.